The first-order chi connectivity index (χ1) is 17.7. The summed E-state index contributed by atoms with van der Waals surface area (Å²) in [4.78, 5) is 40.1. The zero-order valence-electron chi connectivity index (χ0n) is 20.7. The minimum Gasteiger partial charge on any atom is -0.494 e. The molecule has 4 amide bonds. The van der Waals surface area contributed by atoms with Gasteiger partial charge in [0.1, 0.15) is 17.1 Å². The van der Waals surface area contributed by atoms with E-state index in [9.17, 15) is 14.4 Å². The van der Waals surface area contributed by atoms with Crippen molar-refractivity contribution in [3.8, 4) is 17.2 Å². The summed E-state index contributed by atoms with van der Waals surface area (Å²) in [5, 5.41) is 3.26. The van der Waals surface area contributed by atoms with Gasteiger partial charge in [-0.15, -0.1) is 0 Å². The van der Waals surface area contributed by atoms with Crippen LogP contribution in [0.2, 0.25) is 10.0 Å². The van der Waals surface area contributed by atoms with Gasteiger partial charge in [0.2, 0.25) is 0 Å². The molecule has 0 atom stereocenters. The first kappa shape index (κ1) is 26.3. The van der Waals surface area contributed by atoms with Crippen molar-refractivity contribution in [2.75, 3.05) is 18.1 Å². The maximum atomic E-state index is 13.6. The van der Waals surface area contributed by atoms with E-state index in [1.54, 1.807) is 37.3 Å². The molecule has 0 bridgehead atoms. The third-order valence-corrected chi connectivity index (χ3v) is 6.36. The van der Waals surface area contributed by atoms with E-state index < -0.39 is 17.8 Å². The number of halogens is 2. The van der Waals surface area contributed by atoms with E-state index in [0.717, 1.165) is 16.3 Å². The summed E-state index contributed by atoms with van der Waals surface area (Å²) < 4.78 is 13.1. The summed E-state index contributed by atoms with van der Waals surface area (Å²) in [7, 11) is 0. The Morgan fingerprint density at radius 1 is 0.919 bits per heavy atom. The van der Waals surface area contributed by atoms with Crippen LogP contribution in [0.15, 0.2) is 48.0 Å². The minimum absolute atomic E-state index is 0.171. The van der Waals surface area contributed by atoms with Crippen LogP contribution in [0.25, 0.3) is 11.8 Å². The number of aryl methyl sites for hydroxylation is 1. The van der Waals surface area contributed by atoms with Gasteiger partial charge >= 0.3 is 6.03 Å². The third-order valence-electron chi connectivity index (χ3n) is 5.80. The summed E-state index contributed by atoms with van der Waals surface area (Å²) in [5.41, 5.74) is 2.78. The average molecular weight is 542 g/mol. The quantitative estimate of drug-likeness (QED) is 0.298. The molecule has 4 rings (SSSR count). The van der Waals surface area contributed by atoms with E-state index in [4.69, 9.17) is 32.7 Å². The number of rotatable bonds is 7. The normalized spacial score (nSPS) is 14.8. The number of carbonyl (C=O) groups is 3. The zero-order chi connectivity index (χ0) is 26.9. The summed E-state index contributed by atoms with van der Waals surface area (Å²) in [6, 6.07) is 10.9. The fourth-order valence-electron chi connectivity index (χ4n) is 4.20. The Kier molecular flexibility index (Phi) is 7.61. The van der Waals surface area contributed by atoms with Gasteiger partial charge in [0.05, 0.1) is 29.6 Å². The van der Waals surface area contributed by atoms with Crippen molar-refractivity contribution < 1.29 is 23.9 Å². The first-order valence-electron chi connectivity index (χ1n) is 11.6. The molecule has 0 spiro atoms. The molecule has 1 aromatic heterocycles. The number of urea groups is 1. The monoisotopic (exact) mass is 541 g/mol. The lowest BCUT2D eigenvalue weighted by molar-refractivity contribution is -0.122. The number of barbiturate groups is 1. The second-order valence-corrected chi connectivity index (χ2v) is 9.05. The topological polar surface area (TPSA) is 89.9 Å². The van der Waals surface area contributed by atoms with Gasteiger partial charge in [-0.1, -0.05) is 23.2 Å². The molecule has 1 N–H and O–H groups in total. The lowest BCUT2D eigenvalue weighted by atomic mass is 10.1. The zero-order valence-corrected chi connectivity index (χ0v) is 22.2. The van der Waals surface area contributed by atoms with E-state index in [0.29, 0.717) is 46.0 Å². The molecule has 1 aliphatic heterocycles. The van der Waals surface area contributed by atoms with Gasteiger partial charge in [-0.2, -0.15) is 0 Å². The lowest BCUT2D eigenvalue weighted by Crippen LogP contribution is -2.54. The van der Waals surface area contributed by atoms with E-state index in [2.05, 4.69) is 5.32 Å². The Balaban J connectivity index is 1.80. The highest BCUT2D eigenvalue weighted by Gasteiger charge is 2.38. The molecular formula is C27H25Cl2N3O5. The number of aromatic nitrogens is 1. The Bertz CT molecular complexity index is 1440. The molecule has 2 aromatic carbocycles. The first-order valence-corrected chi connectivity index (χ1v) is 12.4. The number of amides is 4. The third kappa shape index (κ3) is 5.08. The molecule has 1 fully saturated rings. The van der Waals surface area contributed by atoms with Gasteiger partial charge in [-0.25, -0.2) is 9.69 Å². The predicted octanol–water partition coefficient (Wildman–Crippen LogP) is 5.86. The van der Waals surface area contributed by atoms with Crippen molar-refractivity contribution in [1.82, 2.24) is 9.88 Å². The van der Waals surface area contributed by atoms with E-state index in [1.807, 2.05) is 31.4 Å². The van der Waals surface area contributed by atoms with Crippen LogP contribution >= 0.6 is 23.2 Å². The number of imide groups is 2. The molecule has 1 saturated heterocycles. The smallest absolute Gasteiger partial charge is 0.336 e. The van der Waals surface area contributed by atoms with Crippen LogP contribution in [-0.2, 0) is 9.59 Å². The summed E-state index contributed by atoms with van der Waals surface area (Å²) in [6.07, 6.45) is 1.46. The highest BCUT2D eigenvalue weighted by molar-refractivity contribution is 6.39. The largest absolute Gasteiger partial charge is 0.494 e. The SMILES string of the molecule is CCOc1ccc(OCC)c(N2C(=O)NC(=O)/C(=C\c3cc(C)n(-c4cc(Cl)ccc4Cl)c3C)C2=O)c1. The molecule has 3 aromatic rings. The maximum absolute atomic E-state index is 13.6. The fourth-order valence-corrected chi connectivity index (χ4v) is 4.57. The molecule has 0 aliphatic carbocycles. The number of hydrogen-bond acceptors (Lipinski definition) is 5. The number of nitrogens with zero attached hydrogens (tertiary/aromatic N) is 2. The van der Waals surface area contributed by atoms with Crippen molar-refractivity contribution >= 4 is 52.8 Å². The molecule has 2 heterocycles. The number of ether oxygens (including phenoxy) is 2. The molecule has 1 aliphatic rings. The highest BCUT2D eigenvalue weighted by atomic mass is 35.5. The summed E-state index contributed by atoms with van der Waals surface area (Å²) in [6.45, 7) is 8.02. The van der Waals surface area contributed by atoms with Crippen LogP contribution in [-0.4, -0.2) is 35.6 Å². The second kappa shape index (κ2) is 10.7. The maximum Gasteiger partial charge on any atom is 0.336 e. The average Bonchev–Trinajstić information content (AvgIpc) is 3.12. The Labute approximate surface area is 224 Å². The highest BCUT2D eigenvalue weighted by Crippen LogP contribution is 2.35. The number of benzene rings is 2. The van der Waals surface area contributed by atoms with Gasteiger partial charge in [0.15, 0.2) is 0 Å². The number of carbonyl (C=O) groups excluding carboxylic acids is 3. The molecule has 8 nitrogen and oxygen atoms in total. The molecular weight excluding hydrogens is 517 g/mol. The number of hydrogen-bond donors (Lipinski definition) is 1. The lowest BCUT2D eigenvalue weighted by Gasteiger charge is -2.28. The van der Waals surface area contributed by atoms with Crippen molar-refractivity contribution in [3.63, 3.8) is 0 Å². The molecule has 192 valence electrons. The Morgan fingerprint density at radius 3 is 2.35 bits per heavy atom. The molecule has 37 heavy (non-hydrogen) atoms. The molecule has 0 saturated carbocycles. The van der Waals surface area contributed by atoms with E-state index in [1.165, 1.54) is 12.1 Å². The van der Waals surface area contributed by atoms with Gasteiger partial charge in [0.25, 0.3) is 11.8 Å². The Morgan fingerprint density at radius 2 is 1.65 bits per heavy atom. The Hall–Kier alpha value is -3.75. The molecule has 0 radical (unpaired) electrons. The summed E-state index contributed by atoms with van der Waals surface area (Å²) in [5.74, 6) is -0.826. The van der Waals surface area contributed by atoms with Crippen LogP contribution in [0.1, 0.15) is 30.8 Å². The second-order valence-electron chi connectivity index (χ2n) is 8.21. The number of anilines is 1. The predicted molar refractivity (Wildman–Crippen MR) is 143 cm³/mol. The van der Waals surface area contributed by atoms with Crippen LogP contribution < -0.4 is 19.7 Å². The van der Waals surface area contributed by atoms with Crippen molar-refractivity contribution in [1.29, 1.82) is 0 Å². The van der Waals surface area contributed by atoms with Crippen LogP contribution in [0, 0.1) is 13.8 Å². The van der Waals surface area contributed by atoms with Crippen LogP contribution in [0.5, 0.6) is 11.5 Å². The van der Waals surface area contributed by atoms with Gasteiger partial charge in [-0.05, 0) is 75.7 Å². The van der Waals surface area contributed by atoms with Crippen molar-refractivity contribution in [2.24, 2.45) is 0 Å². The fraction of sp³-hybridized carbons (Fsp3) is 0.222. The van der Waals surface area contributed by atoms with Gasteiger partial charge in [-0.3, -0.25) is 14.9 Å². The standard InChI is InChI=1S/C27H25Cl2N3O5/c1-5-36-19-8-10-24(37-6-2)23(14-19)32-26(34)20(25(33)30-27(32)35)12-17-11-15(3)31(16(17)4)22-13-18(28)7-9-21(22)29/h7-14H,5-6H2,1-4H3,(H,30,33,35)/b20-12+. The van der Waals surface area contributed by atoms with Crippen LogP contribution in [0.3, 0.4) is 0 Å². The van der Waals surface area contributed by atoms with Crippen molar-refractivity contribution in [3.05, 3.63) is 75.0 Å². The van der Waals surface area contributed by atoms with E-state index in [-0.39, 0.29) is 11.3 Å². The number of nitrogens with one attached hydrogen (secondary N) is 1. The minimum atomic E-state index is -0.877. The van der Waals surface area contributed by atoms with Gasteiger partial charge < -0.3 is 14.0 Å². The molecule has 10 heteroatoms. The van der Waals surface area contributed by atoms with Crippen LogP contribution in [0.4, 0.5) is 10.5 Å². The van der Waals surface area contributed by atoms with Crippen molar-refractivity contribution in [2.45, 2.75) is 27.7 Å². The molecule has 0 unspecified atom stereocenters. The van der Waals surface area contributed by atoms with E-state index >= 15 is 0 Å². The summed E-state index contributed by atoms with van der Waals surface area (Å²) >= 11 is 12.6. The van der Waals surface area contributed by atoms with Gasteiger partial charge in [0, 0.05) is 22.5 Å².